The average Bonchev–Trinajstić information content (AvgIpc) is 2.28. The monoisotopic (exact) mass is 167 g/mol. The fourth-order valence-electron chi connectivity index (χ4n) is 0.874. The van der Waals surface area contributed by atoms with Crippen LogP contribution >= 0.6 is 0 Å². The van der Waals surface area contributed by atoms with Gasteiger partial charge in [0.25, 0.3) is 0 Å². The van der Waals surface area contributed by atoms with Crippen LogP contribution in [0.5, 0.6) is 0 Å². The molecule has 1 rings (SSSR count). The average molecular weight is 167 g/mol. The van der Waals surface area contributed by atoms with Crippen molar-refractivity contribution in [2.45, 2.75) is 6.42 Å². The van der Waals surface area contributed by atoms with Crippen LogP contribution in [-0.2, 0) is 4.74 Å². The van der Waals surface area contributed by atoms with Crippen molar-refractivity contribution in [2.75, 3.05) is 6.61 Å². The van der Waals surface area contributed by atoms with E-state index in [1.54, 1.807) is 0 Å². The Kier molecular flexibility index (Phi) is 3.14. The molecule has 0 spiro atoms. The van der Waals surface area contributed by atoms with Crippen LogP contribution in [0.1, 0.15) is 7.85 Å². The fourth-order valence-corrected chi connectivity index (χ4v) is 0.874. The molecule has 66 valence electrons. The normalized spacial score (nSPS) is 15.2. The summed E-state index contributed by atoms with van der Waals surface area (Å²) >= 11 is 0. The molecule has 1 aliphatic rings. The Balaban J connectivity index is 0.00000144. The Morgan fingerprint density at radius 3 is 3.25 bits per heavy atom. The number of amides is 1. The minimum absolute atomic E-state index is 0. The Bertz CT molecular complexity index is 256. The molecule has 0 atom stereocenters. The molecule has 0 saturated carbocycles. The lowest BCUT2D eigenvalue weighted by Gasteiger charge is -2.00. The summed E-state index contributed by atoms with van der Waals surface area (Å²) in [4.78, 5) is 10.3. The molecule has 0 aromatic heterocycles. The molecule has 1 aliphatic carbocycles. The highest BCUT2D eigenvalue weighted by Crippen LogP contribution is 2.04. The molecule has 3 heteroatoms. The van der Waals surface area contributed by atoms with E-state index in [4.69, 9.17) is 5.73 Å². The van der Waals surface area contributed by atoms with E-state index in [0.29, 0.717) is 0 Å². The summed E-state index contributed by atoms with van der Waals surface area (Å²) in [6.45, 7) is 0.246. The van der Waals surface area contributed by atoms with E-state index < -0.39 is 6.09 Å². The van der Waals surface area contributed by atoms with Crippen LogP contribution in [0.3, 0.4) is 0 Å². The molecule has 0 saturated heterocycles. The van der Waals surface area contributed by atoms with Crippen LogP contribution in [-0.4, -0.2) is 12.7 Å². The molecular weight excluding hydrogens is 154 g/mol. The van der Waals surface area contributed by atoms with Gasteiger partial charge in [0.15, 0.2) is 0 Å². The first-order valence-corrected chi connectivity index (χ1v) is 3.73. The van der Waals surface area contributed by atoms with Gasteiger partial charge < -0.3 is 10.5 Å². The second-order valence-corrected chi connectivity index (χ2v) is 2.42. The number of carbonyl (C=O) groups excluding carboxylic acids is 1. The van der Waals surface area contributed by atoms with Crippen molar-refractivity contribution in [1.29, 1.82) is 0 Å². The van der Waals surface area contributed by atoms with Crippen molar-refractivity contribution in [3.05, 3.63) is 36.0 Å². The zero-order chi connectivity index (χ0) is 8.81. The standard InChI is InChI=1S/C9H11NO2.H2/c10-9(11)12-7-8-5-3-1-2-4-6-8;/h1,3-6H,2,7H2,(H2,10,11);1H. The van der Waals surface area contributed by atoms with Crippen molar-refractivity contribution in [3.8, 4) is 0 Å². The van der Waals surface area contributed by atoms with Crippen LogP contribution in [0, 0.1) is 0 Å². The minimum Gasteiger partial charge on any atom is -0.445 e. The predicted molar refractivity (Wildman–Crippen MR) is 48.6 cm³/mol. The molecule has 0 aromatic rings. The minimum atomic E-state index is -0.738. The Morgan fingerprint density at radius 2 is 2.50 bits per heavy atom. The number of ether oxygens (including phenoxy) is 1. The maximum atomic E-state index is 10.3. The van der Waals surface area contributed by atoms with Gasteiger partial charge in [-0.3, -0.25) is 0 Å². The summed E-state index contributed by atoms with van der Waals surface area (Å²) in [5, 5.41) is 0. The van der Waals surface area contributed by atoms with E-state index in [2.05, 4.69) is 4.74 Å². The van der Waals surface area contributed by atoms with Gasteiger partial charge in [-0.2, -0.15) is 0 Å². The van der Waals surface area contributed by atoms with Gasteiger partial charge in [0.05, 0.1) is 0 Å². The van der Waals surface area contributed by atoms with Crippen molar-refractivity contribution in [3.63, 3.8) is 0 Å². The first-order valence-electron chi connectivity index (χ1n) is 3.73. The quantitative estimate of drug-likeness (QED) is 0.681. The molecule has 0 heterocycles. The third-order valence-electron chi connectivity index (χ3n) is 1.43. The van der Waals surface area contributed by atoms with Gasteiger partial charge in [-0.15, -0.1) is 0 Å². The number of primary amides is 1. The lowest BCUT2D eigenvalue weighted by molar-refractivity contribution is 0.167. The van der Waals surface area contributed by atoms with Crippen molar-refractivity contribution >= 4 is 6.09 Å². The second kappa shape index (κ2) is 4.38. The summed E-state index contributed by atoms with van der Waals surface area (Å²) in [5.74, 6) is 0. The molecule has 12 heavy (non-hydrogen) atoms. The fraction of sp³-hybridized carbons (Fsp3) is 0.222. The predicted octanol–water partition coefficient (Wildman–Crippen LogP) is 1.77. The summed E-state index contributed by atoms with van der Waals surface area (Å²) in [5.41, 5.74) is 5.77. The Morgan fingerprint density at radius 1 is 1.67 bits per heavy atom. The van der Waals surface area contributed by atoms with Crippen LogP contribution in [0.15, 0.2) is 36.0 Å². The SMILES string of the molecule is NC(=O)OCC1=CC=CCC=C1.[HH]. The van der Waals surface area contributed by atoms with Gasteiger partial charge in [-0.25, -0.2) is 4.79 Å². The largest absolute Gasteiger partial charge is 0.445 e. The van der Waals surface area contributed by atoms with E-state index in [1.165, 1.54) is 0 Å². The number of rotatable bonds is 2. The van der Waals surface area contributed by atoms with Crippen LogP contribution in [0.4, 0.5) is 4.79 Å². The lowest BCUT2D eigenvalue weighted by Crippen LogP contribution is -2.14. The zero-order valence-electron chi connectivity index (χ0n) is 6.69. The molecule has 1 amide bonds. The van der Waals surface area contributed by atoms with Gasteiger partial charge >= 0.3 is 6.09 Å². The van der Waals surface area contributed by atoms with Crippen molar-refractivity contribution in [1.82, 2.24) is 0 Å². The van der Waals surface area contributed by atoms with Crippen molar-refractivity contribution in [2.24, 2.45) is 5.73 Å². The highest BCUT2D eigenvalue weighted by molar-refractivity contribution is 5.64. The molecule has 0 bridgehead atoms. The molecular formula is C9H13NO2. The maximum Gasteiger partial charge on any atom is 0.404 e. The molecule has 0 aliphatic heterocycles. The Hall–Kier alpha value is -1.51. The summed E-state index contributed by atoms with van der Waals surface area (Å²) in [6, 6.07) is 0. The number of hydrogen-bond acceptors (Lipinski definition) is 2. The Labute approximate surface area is 72.7 Å². The first-order chi connectivity index (χ1) is 5.79. The lowest BCUT2D eigenvalue weighted by atomic mass is 10.2. The first kappa shape index (κ1) is 8.59. The molecule has 0 unspecified atom stereocenters. The number of allylic oxidation sites excluding steroid dienone is 4. The molecule has 0 radical (unpaired) electrons. The number of nitrogens with two attached hydrogens (primary N) is 1. The van der Waals surface area contributed by atoms with Crippen LogP contribution < -0.4 is 5.73 Å². The van der Waals surface area contributed by atoms with Crippen LogP contribution in [0.2, 0.25) is 0 Å². The summed E-state index contributed by atoms with van der Waals surface area (Å²) in [7, 11) is 0. The molecule has 0 aromatic carbocycles. The van der Waals surface area contributed by atoms with Gasteiger partial charge in [-0.05, 0) is 12.0 Å². The van der Waals surface area contributed by atoms with Gasteiger partial charge in [0.2, 0.25) is 0 Å². The molecule has 3 nitrogen and oxygen atoms in total. The second-order valence-electron chi connectivity index (χ2n) is 2.42. The number of carbonyl (C=O) groups is 1. The highest BCUT2D eigenvalue weighted by Gasteiger charge is 1.96. The smallest absolute Gasteiger partial charge is 0.404 e. The van der Waals surface area contributed by atoms with E-state index in [-0.39, 0.29) is 8.03 Å². The third-order valence-corrected chi connectivity index (χ3v) is 1.43. The highest BCUT2D eigenvalue weighted by atomic mass is 16.5. The zero-order valence-corrected chi connectivity index (χ0v) is 6.69. The van der Waals surface area contributed by atoms with Gasteiger partial charge in [-0.1, -0.05) is 30.4 Å². The van der Waals surface area contributed by atoms with Crippen LogP contribution in [0.25, 0.3) is 0 Å². The van der Waals surface area contributed by atoms with Crippen molar-refractivity contribution < 1.29 is 11.0 Å². The third kappa shape index (κ3) is 3.05. The molecule has 0 fully saturated rings. The van der Waals surface area contributed by atoms with E-state index in [1.807, 2.05) is 30.4 Å². The summed E-state index contributed by atoms with van der Waals surface area (Å²) in [6.07, 6.45) is 9.94. The van der Waals surface area contributed by atoms with E-state index in [9.17, 15) is 4.79 Å². The maximum absolute atomic E-state index is 10.3. The van der Waals surface area contributed by atoms with E-state index in [0.717, 1.165) is 12.0 Å². The number of hydrogen-bond donors (Lipinski definition) is 1. The molecule has 2 N–H and O–H groups in total. The van der Waals surface area contributed by atoms with E-state index >= 15 is 0 Å². The summed E-state index contributed by atoms with van der Waals surface area (Å²) < 4.78 is 4.62. The van der Waals surface area contributed by atoms with Gasteiger partial charge in [0, 0.05) is 1.43 Å². The van der Waals surface area contributed by atoms with Gasteiger partial charge in [0.1, 0.15) is 6.61 Å². The topological polar surface area (TPSA) is 52.3 Å².